The van der Waals surface area contributed by atoms with Crippen LogP contribution in [0.1, 0.15) is 25.3 Å². The van der Waals surface area contributed by atoms with Gasteiger partial charge in [-0.3, -0.25) is 4.79 Å². The lowest BCUT2D eigenvalue weighted by Crippen LogP contribution is -2.44. The minimum absolute atomic E-state index is 0.107. The van der Waals surface area contributed by atoms with Crippen molar-refractivity contribution in [3.63, 3.8) is 0 Å². The largest absolute Gasteiger partial charge is 0.479 e. The SMILES string of the molecule is CCOC(=O)C[C@@H]1[C@@H](N)CCN1C(=O)OCc1ccccc1.O=C(O)C(O)C(O)C(=O)O. The molecule has 0 radical (unpaired) electrons. The topological polar surface area (TPSA) is 197 Å². The average molecular weight is 456 g/mol. The summed E-state index contributed by atoms with van der Waals surface area (Å²) in [6.45, 7) is 2.77. The number of aliphatic hydroxyl groups is 2. The van der Waals surface area contributed by atoms with Crippen molar-refractivity contribution in [3.8, 4) is 0 Å². The van der Waals surface area contributed by atoms with E-state index in [1.54, 1.807) is 6.92 Å². The van der Waals surface area contributed by atoms with Gasteiger partial charge in [0.1, 0.15) is 6.61 Å². The first-order chi connectivity index (χ1) is 15.1. The van der Waals surface area contributed by atoms with Crippen LogP contribution >= 0.6 is 0 Å². The predicted octanol–water partition coefficient (Wildman–Crippen LogP) is -0.445. The van der Waals surface area contributed by atoms with Crippen LogP contribution in [0.4, 0.5) is 4.79 Å². The van der Waals surface area contributed by atoms with E-state index < -0.39 is 30.2 Å². The number of amides is 1. The Kier molecular flexibility index (Phi) is 11.1. The number of carbonyl (C=O) groups is 4. The minimum Gasteiger partial charge on any atom is -0.479 e. The summed E-state index contributed by atoms with van der Waals surface area (Å²) in [5.74, 6) is -3.88. The maximum absolute atomic E-state index is 12.2. The third-order valence-electron chi connectivity index (χ3n) is 4.52. The van der Waals surface area contributed by atoms with Gasteiger partial charge in [-0.25, -0.2) is 14.4 Å². The van der Waals surface area contributed by atoms with Gasteiger partial charge in [-0.15, -0.1) is 0 Å². The molecule has 12 heteroatoms. The lowest BCUT2D eigenvalue weighted by molar-refractivity contribution is -0.165. The Morgan fingerprint density at radius 1 is 1.06 bits per heavy atom. The molecule has 1 heterocycles. The van der Waals surface area contributed by atoms with Gasteiger partial charge >= 0.3 is 24.0 Å². The molecule has 0 aliphatic carbocycles. The molecule has 0 spiro atoms. The summed E-state index contributed by atoms with van der Waals surface area (Å²) >= 11 is 0. The Balaban J connectivity index is 0.000000433. The van der Waals surface area contributed by atoms with E-state index in [4.69, 9.17) is 35.6 Å². The minimum atomic E-state index is -2.27. The number of nitrogens with zero attached hydrogens (tertiary/aromatic N) is 1. The number of rotatable bonds is 8. The highest BCUT2D eigenvalue weighted by Gasteiger charge is 2.37. The number of nitrogens with two attached hydrogens (primary N) is 1. The highest BCUT2D eigenvalue weighted by molar-refractivity contribution is 5.83. The molecule has 0 saturated carbocycles. The van der Waals surface area contributed by atoms with Crippen molar-refractivity contribution < 1.29 is 49.1 Å². The number of carboxylic acid groups (broad SMARTS) is 2. The Bertz CT molecular complexity index is 755. The fourth-order valence-corrected chi connectivity index (χ4v) is 2.83. The summed E-state index contributed by atoms with van der Waals surface area (Å²) in [5, 5.41) is 32.5. The normalized spacial score (nSPS) is 19.2. The van der Waals surface area contributed by atoms with Crippen LogP contribution < -0.4 is 5.73 Å². The Hall–Kier alpha value is -3.22. The summed E-state index contributed by atoms with van der Waals surface area (Å²) in [7, 11) is 0. The highest BCUT2D eigenvalue weighted by Crippen LogP contribution is 2.21. The van der Waals surface area contributed by atoms with Gasteiger partial charge in [0.05, 0.1) is 19.1 Å². The van der Waals surface area contributed by atoms with E-state index in [2.05, 4.69) is 0 Å². The molecule has 1 aromatic carbocycles. The van der Waals surface area contributed by atoms with Gasteiger partial charge in [-0.2, -0.15) is 0 Å². The van der Waals surface area contributed by atoms with Crippen molar-refractivity contribution in [1.82, 2.24) is 4.90 Å². The maximum atomic E-state index is 12.2. The highest BCUT2D eigenvalue weighted by atomic mass is 16.6. The Morgan fingerprint density at radius 2 is 1.62 bits per heavy atom. The standard InChI is InChI=1S/C16H22N2O4.C4H6O6/c1-2-21-15(19)10-14-13(17)8-9-18(14)16(20)22-11-12-6-4-3-5-7-12;5-1(3(7)8)2(6)4(9)10/h3-7,13-14H,2,8-11,17H2,1H3;1-2,5-6H,(H,7,8)(H,9,10)/t13-,14+;/m0./s1. The number of ether oxygens (including phenoxy) is 2. The zero-order chi connectivity index (χ0) is 24.3. The molecule has 0 bridgehead atoms. The third-order valence-corrected chi connectivity index (χ3v) is 4.52. The molecule has 1 aliphatic heterocycles. The van der Waals surface area contributed by atoms with Crippen molar-refractivity contribution >= 4 is 24.0 Å². The molecule has 32 heavy (non-hydrogen) atoms. The molecular formula is C20H28N2O10. The van der Waals surface area contributed by atoms with Crippen LogP contribution in [0, 0.1) is 0 Å². The summed E-state index contributed by atoms with van der Waals surface area (Å²) in [5.41, 5.74) is 6.92. The van der Waals surface area contributed by atoms with Gasteiger partial charge in [0, 0.05) is 12.6 Å². The van der Waals surface area contributed by atoms with Crippen LogP contribution in [0.5, 0.6) is 0 Å². The molecule has 2 unspecified atom stereocenters. The molecular weight excluding hydrogens is 428 g/mol. The second kappa shape index (κ2) is 13.2. The van der Waals surface area contributed by atoms with E-state index in [-0.39, 0.29) is 31.1 Å². The van der Waals surface area contributed by atoms with Gasteiger partial charge < -0.3 is 40.5 Å². The van der Waals surface area contributed by atoms with Crippen LogP contribution in [-0.4, -0.2) is 86.8 Å². The average Bonchev–Trinajstić information content (AvgIpc) is 3.12. The van der Waals surface area contributed by atoms with Gasteiger partial charge in [0.25, 0.3) is 0 Å². The zero-order valence-electron chi connectivity index (χ0n) is 17.5. The number of aliphatic carboxylic acids is 2. The smallest absolute Gasteiger partial charge is 0.410 e. The van der Waals surface area contributed by atoms with Crippen LogP contribution in [0.25, 0.3) is 0 Å². The number of benzene rings is 1. The van der Waals surface area contributed by atoms with Gasteiger partial charge in [-0.05, 0) is 18.9 Å². The monoisotopic (exact) mass is 456 g/mol. The van der Waals surface area contributed by atoms with E-state index >= 15 is 0 Å². The van der Waals surface area contributed by atoms with Crippen LogP contribution in [0.15, 0.2) is 30.3 Å². The molecule has 0 aromatic heterocycles. The quantitative estimate of drug-likeness (QED) is 0.318. The summed E-state index contributed by atoms with van der Waals surface area (Å²) in [4.78, 5) is 44.9. The number of hydrogen-bond donors (Lipinski definition) is 5. The molecule has 1 fully saturated rings. The van der Waals surface area contributed by atoms with Crippen molar-refractivity contribution in [1.29, 1.82) is 0 Å². The van der Waals surface area contributed by atoms with Crippen LogP contribution in [0.3, 0.4) is 0 Å². The first-order valence-corrected chi connectivity index (χ1v) is 9.78. The first-order valence-electron chi connectivity index (χ1n) is 9.78. The maximum Gasteiger partial charge on any atom is 0.410 e. The molecule has 178 valence electrons. The van der Waals surface area contributed by atoms with E-state index in [0.717, 1.165) is 5.56 Å². The first kappa shape index (κ1) is 26.8. The molecule has 2 rings (SSSR count). The molecule has 12 nitrogen and oxygen atoms in total. The summed E-state index contributed by atoms with van der Waals surface area (Å²) in [6.07, 6.45) is -4.21. The number of hydrogen-bond acceptors (Lipinski definition) is 9. The number of esters is 1. The number of likely N-dealkylation sites (tertiary alicyclic amines) is 1. The Morgan fingerprint density at radius 3 is 2.12 bits per heavy atom. The number of aliphatic hydroxyl groups excluding tert-OH is 2. The lowest BCUT2D eigenvalue weighted by atomic mass is 10.1. The van der Waals surface area contributed by atoms with Crippen molar-refractivity contribution in [2.24, 2.45) is 5.73 Å². The fraction of sp³-hybridized carbons (Fsp3) is 0.500. The molecule has 1 saturated heterocycles. The van der Waals surface area contributed by atoms with E-state index in [1.165, 1.54) is 4.90 Å². The van der Waals surface area contributed by atoms with Crippen molar-refractivity contribution in [2.75, 3.05) is 13.2 Å². The number of carboxylic acids is 2. The van der Waals surface area contributed by atoms with Crippen LogP contribution in [-0.2, 0) is 30.5 Å². The number of carbonyl (C=O) groups excluding carboxylic acids is 2. The predicted molar refractivity (Wildman–Crippen MR) is 108 cm³/mol. The van der Waals surface area contributed by atoms with E-state index in [9.17, 15) is 19.2 Å². The van der Waals surface area contributed by atoms with Crippen molar-refractivity contribution in [3.05, 3.63) is 35.9 Å². The molecule has 4 atom stereocenters. The van der Waals surface area contributed by atoms with Gasteiger partial charge in [0.2, 0.25) is 0 Å². The zero-order valence-corrected chi connectivity index (χ0v) is 17.5. The molecule has 6 N–H and O–H groups in total. The second-order valence-corrected chi connectivity index (χ2v) is 6.83. The van der Waals surface area contributed by atoms with Gasteiger partial charge in [-0.1, -0.05) is 30.3 Å². The Labute approximate surface area is 184 Å². The van der Waals surface area contributed by atoms with Gasteiger partial charge in [0.15, 0.2) is 12.2 Å². The van der Waals surface area contributed by atoms with Crippen LogP contribution in [0.2, 0.25) is 0 Å². The molecule has 1 amide bonds. The van der Waals surface area contributed by atoms with Crippen molar-refractivity contribution in [2.45, 2.75) is 50.7 Å². The lowest BCUT2D eigenvalue weighted by Gasteiger charge is -2.25. The molecule has 1 aromatic rings. The second-order valence-electron chi connectivity index (χ2n) is 6.83. The van der Waals surface area contributed by atoms with E-state index in [0.29, 0.717) is 19.6 Å². The fourth-order valence-electron chi connectivity index (χ4n) is 2.83. The third kappa shape index (κ3) is 8.49. The summed E-state index contributed by atoms with van der Waals surface area (Å²) < 4.78 is 10.2. The van der Waals surface area contributed by atoms with E-state index in [1.807, 2.05) is 30.3 Å². The molecule has 1 aliphatic rings. The summed E-state index contributed by atoms with van der Waals surface area (Å²) in [6, 6.07) is 8.87.